The third-order valence-electron chi connectivity index (χ3n) is 2.82. The van der Waals surface area contributed by atoms with E-state index in [0.717, 1.165) is 21.9 Å². The number of hydrogen-bond donors (Lipinski definition) is 0. The molecule has 0 heterocycles. The Morgan fingerprint density at radius 2 is 1.75 bits per heavy atom. The summed E-state index contributed by atoms with van der Waals surface area (Å²) in [6, 6.07) is 19.8. The van der Waals surface area contributed by atoms with Crippen molar-refractivity contribution >= 4 is 21.5 Å². The predicted octanol–water partition coefficient (Wildman–Crippen LogP) is 3.80. The van der Waals surface area contributed by atoms with Crippen LogP contribution in [0, 0.1) is 6.07 Å². The van der Waals surface area contributed by atoms with Crippen molar-refractivity contribution in [3.05, 3.63) is 54.6 Å². The highest BCUT2D eigenvalue weighted by Gasteiger charge is 2.02. The van der Waals surface area contributed by atoms with E-state index in [4.69, 9.17) is 4.74 Å². The minimum atomic E-state index is 0.902. The maximum Gasteiger partial charge on any atom is 0.126 e. The van der Waals surface area contributed by atoms with Gasteiger partial charge in [-0.3, -0.25) is 0 Å². The van der Waals surface area contributed by atoms with Gasteiger partial charge in [0.05, 0.1) is 7.11 Å². The molecule has 0 saturated heterocycles. The van der Waals surface area contributed by atoms with Gasteiger partial charge in [-0.05, 0) is 34.4 Å². The summed E-state index contributed by atoms with van der Waals surface area (Å²) >= 11 is 0. The first-order valence-electron chi connectivity index (χ1n) is 5.26. The van der Waals surface area contributed by atoms with Gasteiger partial charge in [0.15, 0.2) is 0 Å². The molecule has 0 amide bonds. The standard InChI is InChI=1S/C15H11O/c1-16-15-8-4-7-13-9-11-5-2-3-6-12(11)10-14(13)15/h2-8,10H,1H3. The molecule has 3 aromatic carbocycles. The zero-order chi connectivity index (χ0) is 11.0. The molecule has 1 radical (unpaired) electrons. The van der Waals surface area contributed by atoms with Crippen LogP contribution in [0.3, 0.4) is 0 Å². The van der Waals surface area contributed by atoms with E-state index in [2.05, 4.69) is 30.3 Å². The Hall–Kier alpha value is -2.02. The molecule has 0 aliphatic carbocycles. The van der Waals surface area contributed by atoms with Gasteiger partial charge in [-0.2, -0.15) is 0 Å². The molecule has 0 fully saturated rings. The van der Waals surface area contributed by atoms with Gasteiger partial charge in [0, 0.05) is 5.39 Å². The van der Waals surface area contributed by atoms with E-state index in [1.807, 2.05) is 24.3 Å². The molecule has 77 valence electrons. The Labute approximate surface area is 94.3 Å². The first-order chi connectivity index (χ1) is 7.88. The predicted molar refractivity (Wildman–Crippen MR) is 66.8 cm³/mol. The van der Waals surface area contributed by atoms with E-state index in [9.17, 15) is 0 Å². The fourth-order valence-electron chi connectivity index (χ4n) is 2.02. The van der Waals surface area contributed by atoms with Crippen LogP contribution in [0.15, 0.2) is 48.5 Å². The van der Waals surface area contributed by atoms with E-state index < -0.39 is 0 Å². The Kier molecular flexibility index (Phi) is 2.03. The monoisotopic (exact) mass is 207 g/mol. The van der Waals surface area contributed by atoms with Crippen LogP contribution in [0.5, 0.6) is 5.75 Å². The van der Waals surface area contributed by atoms with Crippen molar-refractivity contribution in [1.82, 2.24) is 0 Å². The molecule has 0 atom stereocenters. The smallest absolute Gasteiger partial charge is 0.126 e. The Balaban J connectivity index is 2.46. The maximum absolute atomic E-state index is 5.36. The SMILES string of the molecule is COc1cccc2[c]c3ccccc3cc12. The van der Waals surface area contributed by atoms with E-state index in [1.54, 1.807) is 7.11 Å². The fourth-order valence-corrected chi connectivity index (χ4v) is 2.02. The van der Waals surface area contributed by atoms with Gasteiger partial charge in [0.2, 0.25) is 0 Å². The first-order valence-corrected chi connectivity index (χ1v) is 5.26. The van der Waals surface area contributed by atoms with Crippen LogP contribution in [-0.2, 0) is 0 Å². The highest BCUT2D eigenvalue weighted by atomic mass is 16.5. The summed E-state index contributed by atoms with van der Waals surface area (Å²) in [7, 11) is 1.70. The summed E-state index contributed by atoms with van der Waals surface area (Å²) < 4.78 is 5.36. The average Bonchev–Trinajstić information content (AvgIpc) is 2.35. The van der Waals surface area contributed by atoms with Crippen LogP contribution in [-0.4, -0.2) is 7.11 Å². The number of hydrogen-bond acceptors (Lipinski definition) is 1. The first kappa shape index (κ1) is 9.22. The second-order valence-corrected chi connectivity index (χ2v) is 3.78. The van der Waals surface area contributed by atoms with Crippen molar-refractivity contribution in [2.75, 3.05) is 7.11 Å². The zero-order valence-corrected chi connectivity index (χ0v) is 9.03. The normalized spacial score (nSPS) is 10.8. The van der Waals surface area contributed by atoms with Crippen molar-refractivity contribution in [2.24, 2.45) is 0 Å². The van der Waals surface area contributed by atoms with Crippen LogP contribution < -0.4 is 4.74 Å². The summed E-state index contributed by atoms with van der Waals surface area (Å²) in [6.45, 7) is 0. The summed E-state index contributed by atoms with van der Waals surface area (Å²) in [4.78, 5) is 0. The highest BCUT2D eigenvalue weighted by Crippen LogP contribution is 2.28. The van der Waals surface area contributed by atoms with Crippen molar-refractivity contribution in [3.8, 4) is 5.75 Å². The molecule has 0 bridgehead atoms. The fraction of sp³-hybridized carbons (Fsp3) is 0.0667. The van der Waals surface area contributed by atoms with Gasteiger partial charge in [0.1, 0.15) is 5.75 Å². The summed E-state index contributed by atoms with van der Waals surface area (Å²) in [6.07, 6.45) is 0. The summed E-state index contributed by atoms with van der Waals surface area (Å²) in [5.41, 5.74) is 0. The molecule has 0 spiro atoms. The molecule has 0 aromatic heterocycles. The van der Waals surface area contributed by atoms with Crippen LogP contribution in [0.4, 0.5) is 0 Å². The van der Waals surface area contributed by atoms with Crippen LogP contribution >= 0.6 is 0 Å². The van der Waals surface area contributed by atoms with Gasteiger partial charge in [0.25, 0.3) is 0 Å². The van der Waals surface area contributed by atoms with Gasteiger partial charge in [-0.15, -0.1) is 0 Å². The van der Waals surface area contributed by atoms with Gasteiger partial charge in [-0.25, -0.2) is 0 Å². The molecular weight excluding hydrogens is 196 g/mol. The Morgan fingerprint density at radius 1 is 0.938 bits per heavy atom. The molecule has 1 nitrogen and oxygen atoms in total. The van der Waals surface area contributed by atoms with Crippen LogP contribution in [0.25, 0.3) is 21.5 Å². The van der Waals surface area contributed by atoms with Crippen LogP contribution in [0.1, 0.15) is 0 Å². The number of rotatable bonds is 1. The maximum atomic E-state index is 5.36. The van der Waals surface area contributed by atoms with E-state index in [1.165, 1.54) is 5.39 Å². The van der Waals surface area contributed by atoms with E-state index in [0.29, 0.717) is 0 Å². The molecule has 0 aliphatic heterocycles. The van der Waals surface area contributed by atoms with Crippen molar-refractivity contribution in [1.29, 1.82) is 0 Å². The molecule has 0 saturated carbocycles. The third kappa shape index (κ3) is 1.33. The molecule has 3 rings (SSSR count). The van der Waals surface area contributed by atoms with Gasteiger partial charge >= 0.3 is 0 Å². The van der Waals surface area contributed by atoms with Gasteiger partial charge < -0.3 is 4.74 Å². The van der Waals surface area contributed by atoms with Crippen molar-refractivity contribution < 1.29 is 4.74 Å². The third-order valence-corrected chi connectivity index (χ3v) is 2.82. The topological polar surface area (TPSA) is 9.23 Å². The highest BCUT2D eigenvalue weighted by molar-refractivity contribution is 6.00. The lowest BCUT2D eigenvalue weighted by atomic mass is 10.0. The number of ether oxygens (including phenoxy) is 1. The number of fused-ring (bicyclic) bond motifs is 2. The number of methoxy groups -OCH3 is 1. The lowest BCUT2D eigenvalue weighted by Crippen LogP contribution is -1.85. The second-order valence-electron chi connectivity index (χ2n) is 3.78. The lowest BCUT2D eigenvalue weighted by Gasteiger charge is -2.06. The minimum absolute atomic E-state index is 0.902. The van der Waals surface area contributed by atoms with Gasteiger partial charge in [-0.1, -0.05) is 36.4 Å². The molecule has 0 unspecified atom stereocenters. The van der Waals surface area contributed by atoms with E-state index in [-0.39, 0.29) is 0 Å². The molecule has 0 aliphatic rings. The average molecular weight is 207 g/mol. The largest absolute Gasteiger partial charge is 0.496 e. The van der Waals surface area contributed by atoms with E-state index >= 15 is 0 Å². The minimum Gasteiger partial charge on any atom is -0.496 e. The molecular formula is C15H11O. The molecule has 16 heavy (non-hydrogen) atoms. The second kappa shape index (κ2) is 3.53. The summed E-state index contributed by atoms with van der Waals surface area (Å²) in [5.74, 6) is 0.902. The quantitative estimate of drug-likeness (QED) is 0.551. The van der Waals surface area contributed by atoms with Crippen molar-refractivity contribution in [3.63, 3.8) is 0 Å². The summed E-state index contributed by atoms with van der Waals surface area (Å²) in [5, 5.41) is 4.55. The lowest BCUT2D eigenvalue weighted by molar-refractivity contribution is 0.420. The molecule has 1 heteroatoms. The van der Waals surface area contributed by atoms with Crippen molar-refractivity contribution in [2.45, 2.75) is 0 Å². The Morgan fingerprint density at radius 3 is 2.62 bits per heavy atom. The number of benzene rings is 3. The molecule has 0 N–H and O–H groups in total. The Bertz CT molecular complexity index is 656. The molecule has 3 aromatic rings. The zero-order valence-electron chi connectivity index (χ0n) is 9.03. The van der Waals surface area contributed by atoms with Crippen LogP contribution in [0.2, 0.25) is 0 Å².